The van der Waals surface area contributed by atoms with Gasteiger partial charge in [0.25, 0.3) is 10.0 Å². The minimum atomic E-state index is -3.58. The zero-order chi connectivity index (χ0) is 15.6. The minimum absolute atomic E-state index is 0.243. The van der Waals surface area contributed by atoms with Crippen LogP contribution in [-0.4, -0.2) is 15.0 Å². The summed E-state index contributed by atoms with van der Waals surface area (Å²) in [6, 6.07) is 11.9. The number of aryl methyl sites for hydroxylation is 2. The van der Waals surface area contributed by atoms with Gasteiger partial charge in [0, 0.05) is 11.6 Å². The van der Waals surface area contributed by atoms with Crippen LogP contribution in [0.5, 0.6) is 0 Å². The molecule has 0 bridgehead atoms. The second-order valence-corrected chi connectivity index (χ2v) is 7.19. The molecule has 3 nitrogen and oxygen atoms in total. The molecule has 0 unspecified atom stereocenters. The molecule has 0 N–H and O–H groups in total. The van der Waals surface area contributed by atoms with Gasteiger partial charge in [-0.2, -0.15) is 0 Å². The fraction of sp³-hybridized carbons (Fsp3) is 0.250. The number of halogens is 1. The Bertz CT molecular complexity index is 739. The molecule has 0 spiro atoms. The van der Waals surface area contributed by atoms with E-state index >= 15 is 0 Å². The molecule has 0 radical (unpaired) electrons. The number of anilines is 1. The second-order valence-electron chi connectivity index (χ2n) is 4.89. The van der Waals surface area contributed by atoms with Crippen molar-refractivity contribution >= 4 is 27.3 Å². The van der Waals surface area contributed by atoms with Gasteiger partial charge in [-0.1, -0.05) is 17.7 Å². The molecular weight excluding hydrogens is 306 g/mol. The molecule has 2 aromatic rings. The van der Waals surface area contributed by atoms with Crippen LogP contribution in [-0.2, 0) is 10.0 Å². The Hall–Kier alpha value is -1.52. The number of nitrogens with zero attached hydrogens (tertiary/aromatic N) is 1. The molecule has 0 aromatic heterocycles. The Morgan fingerprint density at radius 2 is 1.62 bits per heavy atom. The Morgan fingerprint density at radius 3 is 2.14 bits per heavy atom. The maximum Gasteiger partial charge on any atom is 0.264 e. The Labute approximate surface area is 131 Å². The molecule has 0 amide bonds. The number of hydrogen-bond donors (Lipinski definition) is 0. The molecule has 0 aliphatic carbocycles. The van der Waals surface area contributed by atoms with Gasteiger partial charge in [-0.05, 0) is 68.3 Å². The topological polar surface area (TPSA) is 37.4 Å². The number of rotatable bonds is 4. The Morgan fingerprint density at radius 1 is 1.00 bits per heavy atom. The van der Waals surface area contributed by atoms with Gasteiger partial charge in [-0.3, -0.25) is 4.31 Å². The van der Waals surface area contributed by atoms with Crippen molar-refractivity contribution in [3.8, 4) is 0 Å². The lowest BCUT2D eigenvalue weighted by molar-refractivity contribution is 0.592. The third kappa shape index (κ3) is 3.22. The lowest BCUT2D eigenvalue weighted by Crippen LogP contribution is -2.30. The molecule has 0 fully saturated rings. The van der Waals surface area contributed by atoms with E-state index in [4.69, 9.17) is 11.6 Å². The van der Waals surface area contributed by atoms with E-state index in [1.54, 1.807) is 12.1 Å². The van der Waals surface area contributed by atoms with Crippen LogP contribution in [0.2, 0.25) is 5.02 Å². The lowest BCUT2D eigenvalue weighted by Gasteiger charge is -2.23. The number of benzene rings is 2. The van der Waals surface area contributed by atoms with Gasteiger partial charge in [0.05, 0.1) is 10.6 Å². The van der Waals surface area contributed by atoms with Crippen LogP contribution in [0.15, 0.2) is 47.4 Å². The average molecular weight is 324 g/mol. The first kappa shape index (κ1) is 15.9. The standard InChI is InChI=1S/C16H18ClNO2S/c1-4-18(15-8-5-12(2)13(3)11-15)21(19,20)16-9-6-14(17)7-10-16/h5-11H,4H2,1-3H3. The first-order chi connectivity index (χ1) is 9.86. The minimum Gasteiger partial charge on any atom is -0.267 e. The fourth-order valence-electron chi connectivity index (χ4n) is 2.11. The van der Waals surface area contributed by atoms with E-state index in [1.807, 2.05) is 39.0 Å². The summed E-state index contributed by atoms with van der Waals surface area (Å²) < 4.78 is 26.9. The molecule has 112 valence electrons. The van der Waals surface area contributed by atoms with Crippen molar-refractivity contribution in [1.29, 1.82) is 0 Å². The van der Waals surface area contributed by atoms with Crippen LogP contribution in [0.4, 0.5) is 5.69 Å². The molecule has 0 aliphatic heterocycles. The van der Waals surface area contributed by atoms with Gasteiger partial charge in [0.15, 0.2) is 0 Å². The average Bonchev–Trinajstić information content (AvgIpc) is 2.44. The van der Waals surface area contributed by atoms with Crippen molar-refractivity contribution in [2.75, 3.05) is 10.8 Å². The van der Waals surface area contributed by atoms with Crippen molar-refractivity contribution in [1.82, 2.24) is 0 Å². The Balaban J connectivity index is 2.48. The summed E-state index contributed by atoms with van der Waals surface area (Å²) in [4.78, 5) is 0.243. The van der Waals surface area contributed by atoms with Gasteiger partial charge in [0.1, 0.15) is 0 Å². The van der Waals surface area contributed by atoms with Crippen molar-refractivity contribution in [3.05, 3.63) is 58.6 Å². The van der Waals surface area contributed by atoms with E-state index < -0.39 is 10.0 Å². The summed E-state index contributed by atoms with van der Waals surface area (Å²) in [6.07, 6.45) is 0. The summed E-state index contributed by atoms with van der Waals surface area (Å²) in [6.45, 7) is 6.17. The largest absolute Gasteiger partial charge is 0.267 e. The molecule has 0 heterocycles. The van der Waals surface area contributed by atoms with E-state index in [2.05, 4.69) is 0 Å². The second kappa shape index (κ2) is 6.08. The van der Waals surface area contributed by atoms with E-state index in [9.17, 15) is 8.42 Å². The monoisotopic (exact) mass is 323 g/mol. The maximum absolute atomic E-state index is 12.8. The van der Waals surface area contributed by atoms with E-state index in [1.165, 1.54) is 16.4 Å². The summed E-state index contributed by atoms with van der Waals surface area (Å²) in [5.74, 6) is 0. The van der Waals surface area contributed by atoms with Crippen LogP contribution in [0, 0.1) is 13.8 Å². The molecule has 0 aliphatic rings. The third-order valence-corrected chi connectivity index (χ3v) is 5.64. The molecule has 2 rings (SSSR count). The third-order valence-electron chi connectivity index (χ3n) is 3.47. The van der Waals surface area contributed by atoms with Gasteiger partial charge in [-0.15, -0.1) is 0 Å². The van der Waals surface area contributed by atoms with Gasteiger partial charge >= 0.3 is 0 Å². The highest BCUT2D eigenvalue weighted by Gasteiger charge is 2.23. The smallest absolute Gasteiger partial charge is 0.264 e. The van der Waals surface area contributed by atoms with Crippen LogP contribution in [0.1, 0.15) is 18.1 Å². The highest BCUT2D eigenvalue weighted by molar-refractivity contribution is 7.92. The molecule has 5 heteroatoms. The summed E-state index contributed by atoms with van der Waals surface area (Å²) >= 11 is 5.82. The summed E-state index contributed by atoms with van der Waals surface area (Å²) in [5, 5.41) is 0.517. The molecule has 0 atom stereocenters. The molecule has 2 aromatic carbocycles. The molecule has 0 saturated heterocycles. The van der Waals surface area contributed by atoms with E-state index in [0.29, 0.717) is 17.3 Å². The van der Waals surface area contributed by atoms with Crippen LogP contribution >= 0.6 is 11.6 Å². The van der Waals surface area contributed by atoms with E-state index in [0.717, 1.165) is 11.1 Å². The van der Waals surface area contributed by atoms with Crippen molar-refractivity contribution in [2.24, 2.45) is 0 Å². The molecule has 21 heavy (non-hydrogen) atoms. The maximum atomic E-state index is 12.8. The quantitative estimate of drug-likeness (QED) is 0.846. The van der Waals surface area contributed by atoms with Crippen molar-refractivity contribution < 1.29 is 8.42 Å². The molecule has 0 saturated carbocycles. The number of hydrogen-bond acceptors (Lipinski definition) is 2. The van der Waals surface area contributed by atoms with Gasteiger partial charge in [0.2, 0.25) is 0 Å². The molecular formula is C16H18ClNO2S. The summed E-state index contributed by atoms with van der Waals surface area (Å²) in [5.41, 5.74) is 2.88. The predicted molar refractivity (Wildman–Crippen MR) is 87.6 cm³/mol. The fourth-order valence-corrected chi connectivity index (χ4v) is 3.70. The van der Waals surface area contributed by atoms with Gasteiger partial charge in [-0.25, -0.2) is 8.42 Å². The lowest BCUT2D eigenvalue weighted by atomic mass is 10.1. The van der Waals surface area contributed by atoms with E-state index in [-0.39, 0.29) is 4.90 Å². The van der Waals surface area contributed by atoms with Crippen LogP contribution in [0.25, 0.3) is 0 Å². The van der Waals surface area contributed by atoms with Crippen LogP contribution < -0.4 is 4.31 Å². The van der Waals surface area contributed by atoms with Crippen molar-refractivity contribution in [2.45, 2.75) is 25.7 Å². The zero-order valence-corrected chi connectivity index (χ0v) is 13.9. The SMILES string of the molecule is CCN(c1ccc(C)c(C)c1)S(=O)(=O)c1ccc(Cl)cc1. The van der Waals surface area contributed by atoms with Gasteiger partial charge < -0.3 is 0 Å². The normalized spacial score (nSPS) is 11.4. The first-order valence-electron chi connectivity index (χ1n) is 6.72. The predicted octanol–water partition coefficient (Wildman–Crippen LogP) is 4.17. The highest BCUT2D eigenvalue weighted by atomic mass is 35.5. The highest BCUT2D eigenvalue weighted by Crippen LogP contribution is 2.26. The van der Waals surface area contributed by atoms with Crippen molar-refractivity contribution in [3.63, 3.8) is 0 Å². The zero-order valence-electron chi connectivity index (χ0n) is 12.3. The number of sulfonamides is 1. The first-order valence-corrected chi connectivity index (χ1v) is 8.53. The Kier molecular flexibility index (Phi) is 4.59. The van der Waals surface area contributed by atoms with Crippen LogP contribution in [0.3, 0.4) is 0 Å². The summed E-state index contributed by atoms with van der Waals surface area (Å²) in [7, 11) is -3.58.